The number of hydrogen-bond donors (Lipinski definition) is 2. The molecule has 0 aliphatic heterocycles. The van der Waals surface area contributed by atoms with Crippen molar-refractivity contribution in [2.24, 2.45) is 11.7 Å². The van der Waals surface area contributed by atoms with Crippen molar-refractivity contribution in [2.75, 3.05) is 6.54 Å². The van der Waals surface area contributed by atoms with Gasteiger partial charge >= 0.3 is 0 Å². The van der Waals surface area contributed by atoms with Crippen LogP contribution in [0.15, 0.2) is 18.2 Å². The van der Waals surface area contributed by atoms with E-state index in [1.165, 1.54) is 18.2 Å². The molecule has 1 unspecified atom stereocenters. The van der Waals surface area contributed by atoms with Gasteiger partial charge in [-0.15, -0.1) is 12.4 Å². The molecule has 0 spiro atoms. The van der Waals surface area contributed by atoms with E-state index in [1.54, 1.807) is 6.92 Å². The molecule has 0 aliphatic carbocycles. The maximum Gasteiger partial charge on any atom is 0.252 e. The lowest BCUT2D eigenvalue weighted by molar-refractivity contribution is 0.0882. The van der Waals surface area contributed by atoms with Crippen LogP contribution in [0, 0.1) is 18.7 Å². The topological polar surface area (TPSA) is 55.1 Å². The van der Waals surface area contributed by atoms with Crippen molar-refractivity contribution < 1.29 is 9.18 Å². The highest BCUT2D eigenvalue weighted by Gasteiger charge is 2.29. The minimum Gasteiger partial charge on any atom is -0.345 e. The number of carbonyl (C=O) groups excluding carboxylic acids is 1. The Bertz CT molecular complexity index is 451. The summed E-state index contributed by atoms with van der Waals surface area (Å²) in [6.45, 7) is 7.99. The highest BCUT2D eigenvalue weighted by atomic mass is 35.5. The van der Waals surface area contributed by atoms with Gasteiger partial charge in [0.05, 0.1) is 5.54 Å². The van der Waals surface area contributed by atoms with Crippen molar-refractivity contribution in [3.05, 3.63) is 35.1 Å². The van der Waals surface area contributed by atoms with Gasteiger partial charge in [-0.3, -0.25) is 4.79 Å². The highest BCUT2D eigenvalue weighted by Crippen LogP contribution is 2.17. The van der Waals surface area contributed by atoms with Crippen LogP contribution in [0.1, 0.15) is 36.7 Å². The van der Waals surface area contributed by atoms with Crippen LogP contribution in [0.3, 0.4) is 0 Å². The number of rotatable bonds is 4. The van der Waals surface area contributed by atoms with Gasteiger partial charge in [0, 0.05) is 12.1 Å². The Kier molecular flexibility index (Phi) is 6.46. The zero-order chi connectivity index (χ0) is 13.9. The number of carbonyl (C=O) groups is 1. The van der Waals surface area contributed by atoms with Crippen molar-refractivity contribution in [2.45, 2.75) is 33.2 Å². The number of nitrogens with two attached hydrogens (primary N) is 1. The third-order valence-corrected chi connectivity index (χ3v) is 3.53. The van der Waals surface area contributed by atoms with Crippen LogP contribution in [0.4, 0.5) is 4.39 Å². The highest BCUT2D eigenvalue weighted by molar-refractivity contribution is 5.96. The van der Waals surface area contributed by atoms with Gasteiger partial charge in [0.1, 0.15) is 5.82 Å². The molecular formula is C14H22ClFN2O. The van der Waals surface area contributed by atoms with Crippen LogP contribution < -0.4 is 11.1 Å². The summed E-state index contributed by atoms with van der Waals surface area (Å²) in [5.74, 6) is -0.337. The predicted molar refractivity (Wildman–Crippen MR) is 78.1 cm³/mol. The van der Waals surface area contributed by atoms with E-state index in [-0.39, 0.29) is 30.0 Å². The summed E-state index contributed by atoms with van der Waals surface area (Å²) in [6.07, 6.45) is 0. The number of aryl methyl sites for hydroxylation is 1. The summed E-state index contributed by atoms with van der Waals surface area (Å²) >= 11 is 0. The van der Waals surface area contributed by atoms with Crippen molar-refractivity contribution in [3.63, 3.8) is 0 Å². The standard InChI is InChI=1S/C14H21FN2O.ClH/c1-9(2)14(4,8-16)17-13(18)12-6-5-11(15)7-10(12)3;/h5-7,9H,8,16H2,1-4H3,(H,17,18);1H. The second-order valence-electron chi connectivity index (χ2n) is 5.19. The lowest BCUT2D eigenvalue weighted by Gasteiger charge is -2.33. The van der Waals surface area contributed by atoms with Gasteiger partial charge in [-0.05, 0) is 43.5 Å². The molecule has 0 aromatic heterocycles. The molecule has 0 heterocycles. The number of halogens is 2. The summed E-state index contributed by atoms with van der Waals surface area (Å²) in [7, 11) is 0. The van der Waals surface area contributed by atoms with Crippen molar-refractivity contribution >= 4 is 18.3 Å². The molecule has 1 amide bonds. The molecule has 1 aromatic carbocycles. The van der Waals surface area contributed by atoms with E-state index in [2.05, 4.69) is 5.32 Å². The van der Waals surface area contributed by atoms with E-state index in [0.717, 1.165) is 0 Å². The average Bonchev–Trinajstić information content (AvgIpc) is 2.28. The van der Waals surface area contributed by atoms with Crippen LogP contribution in [0.5, 0.6) is 0 Å². The molecular weight excluding hydrogens is 267 g/mol. The van der Waals surface area contributed by atoms with E-state index in [1.807, 2.05) is 20.8 Å². The van der Waals surface area contributed by atoms with Gasteiger partial charge < -0.3 is 11.1 Å². The van der Waals surface area contributed by atoms with Gasteiger partial charge in [-0.1, -0.05) is 13.8 Å². The van der Waals surface area contributed by atoms with Gasteiger partial charge in [0.15, 0.2) is 0 Å². The first kappa shape index (κ1) is 17.9. The second kappa shape index (κ2) is 6.87. The van der Waals surface area contributed by atoms with E-state index < -0.39 is 5.54 Å². The molecule has 3 N–H and O–H groups in total. The van der Waals surface area contributed by atoms with Gasteiger partial charge in [-0.25, -0.2) is 4.39 Å². The van der Waals surface area contributed by atoms with E-state index in [9.17, 15) is 9.18 Å². The summed E-state index contributed by atoms with van der Waals surface area (Å²) in [4.78, 5) is 12.2. The first-order valence-electron chi connectivity index (χ1n) is 6.09. The quantitative estimate of drug-likeness (QED) is 0.895. The van der Waals surface area contributed by atoms with Gasteiger partial charge in [0.25, 0.3) is 5.91 Å². The number of nitrogens with one attached hydrogen (secondary N) is 1. The zero-order valence-electron chi connectivity index (χ0n) is 11.8. The Morgan fingerprint density at radius 1 is 1.47 bits per heavy atom. The lowest BCUT2D eigenvalue weighted by Crippen LogP contribution is -2.55. The second-order valence-corrected chi connectivity index (χ2v) is 5.19. The fourth-order valence-corrected chi connectivity index (χ4v) is 1.64. The van der Waals surface area contributed by atoms with Crippen LogP contribution in [-0.4, -0.2) is 18.0 Å². The molecule has 0 saturated heterocycles. The Morgan fingerprint density at radius 3 is 2.47 bits per heavy atom. The Balaban J connectivity index is 0.00000324. The van der Waals surface area contributed by atoms with Crippen LogP contribution in [0.25, 0.3) is 0 Å². The van der Waals surface area contributed by atoms with Crippen LogP contribution >= 0.6 is 12.4 Å². The van der Waals surface area contributed by atoms with E-state index in [0.29, 0.717) is 17.7 Å². The fourth-order valence-electron chi connectivity index (χ4n) is 1.64. The molecule has 0 aliphatic rings. The largest absolute Gasteiger partial charge is 0.345 e. The number of benzene rings is 1. The number of amides is 1. The molecule has 0 radical (unpaired) electrons. The first-order chi connectivity index (χ1) is 8.30. The summed E-state index contributed by atoms with van der Waals surface area (Å²) < 4.78 is 13.0. The lowest BCUT2D eigenvalue weighted by atomic mass is 9.88. The molecule has 5 heteroatoms. The number of hydrogen-bond acceptors (Lipinski definition) is 2. The first-order valence-corrected chi connectivity index (χ1v) is 6.09. The monoisotopic (exact) mass is 288 g/mol. The third-order valence-electron chi connectivity index (χ3n) is 3.53. The maximum absolute atomic E-state index is 13.0. The third kappa shape index (κ3) is 4.18. The Morgan fingerprint density at radius 2 is 2.05 bits per heavy atom. The van der Waals surface area contributed by atoms with Crippen LogP contribution in [-0.2, 0) is 0 Å². The fraction of sp³-hybridized carbons (Fsp3) is 0.500. The Hall–Kier alpha value is -1.13. The summed E-state index contributed by atoms with van der Waals surface area (Å²) in [5, 5.41) is 2.93. The molecule has 1 rings (SSSR count). The molecule has 1 atom stereocenters. The Labute approximate surface area is 120 Å². The normalized spacial score (nSPS) is 13.6. The molecule has 3 nitrogen and oxygen atoms in total. The van der Waals surface area contributed by atoms with Crippen LogP contribution in [0.2, 0.25) is 0 Å². The molecule has 0 saturated carbocycles. The predicted octanol–water partition coefficient (Wildman–Crippen LogP) is 2.66. The smallest absolute Gasteiger partial charge is 0.252 e. The van der Waals surface area contributed by atoms with Gasteiger partial charge in [-0.2, -0.15) is 0 Å². The van der Waals surface area contributed by atoms with E-state index in [4.69, 9.17) is 5.73 Å². The minimum atomic E-state index is -0.460. The summed E-state index contributed by atoms with van der Waals surface area (Å²) in [5.41, 5.74) is 6.37. The van der Waals surface area contributed by atoms with Crippen molar-refractivity contribution in [1.29, 1.82) is 0 Å². The minimum absolute atomic E-state index is 0. The molecule has 0 fully saturated rings. The van der Waals surface area contributed by atoms with Gasteiger partial charge in [0.2, 0.25) is 0 Å². The zero-order valence-corrected chi connectivity index (χ0v) is 12.6. The molecule has 19 heavy (non-hydrogen) atoms. The summed E-state index contributed by atoms with van der Waals surface area (Å²) in [6, 6.07) is 4.14. The van der Waals surface area contributed by atoms with E-state index >= 15 is 0 Å². The molecule has 108 valence electrons. The molecule has 1 aromatic rings. The molecule has 0 bridgehead atoms. The SMILES string of the molecule is Cc1cc(F)ccc1C(=O)NC(C)(CN)C(C)C.Cl. The maximum atomic E-state index is 13.0. The van der Waals surface area contributed by atoms with Crippen molar-refractivity contribution in [3.8, 4) is 0 Å². The van der Waals surface area contributed by atoms with Crippen molar-refractivity contribution in [1.82, 2.24) is 5.32 Å². The average molecular weight is 289 g/mol.